The highest BCUT2D eigenvalue weighted by atomic mass is 79.9. The third-order valence-electron chi connectivity index (χ3n) is 2.02. The predicted molar refractivity (Wildman–Crippen MR) is 62.4 cm³/mol. The Bertz CT molecular complexity index is 429. The molecule has 94 valence electrons. The number of halogens is 4. The summed E-state index contributed by atoms with van der Waals surface area (Å²) in [5.41, 5.74) is -0.354. The van der Waals surface area contributed by atoms with Crippen LogP contribution in [-0.4, -0.2) is 17.6 Å². The lowest BCUT2D eigenvalue weighted by Gasteiger charge is -2.12. The molecule has 1 rings (SSSR count). The summed E-state index contributed by atoms with van der Waals surface area (Å²) in [4.78, 5) is 15.3. The van der Waals surface area contributed by atoms with Crippen molar-refractivity contribution in [2.45, 2.75) is 19.2 Å². The summed E-state index contributed by atoms with van der Waals surface area (Å²) in [5, 5.41) is 0. The Morgan fingerprint density at radius 2 is 2.29 bits per heavy atom. The maximum Gasteiger partial charge on any atom is 0.341 e. The molecular weight excluding hydrogens is 319 g/mol. The van der Waals surface area contributed by atoms with Gasteiger partial charge >= 0.3 is 5.97 Å². The van der Waals surface area contributed by atoms with E-state index in [1.165, 1.54) is 0 Å². The molecule has 1 aromatic rings. The molecule has 0 bridgehead atoms. The Morgan fingerprint density at radius 1 is 1.65 bits per heavy atom. The minimum absolute atomic E-state index is 0.0420. The molecule has 0 atom stereocenters. The summed E-state index contributed by atoms with van der Waals surface area (Å²) in [6.07, 6.45) is -1.74. The van der Waals surface area contributed by atoms with Crippen LogP contribution in [-0.2, 0) is 10.6 Å². The van der Waals surface area contributed by atoms with E-state index in [1.807, 2.05) is 0 Å². The topological polar surface area (TPSA) is 39.2 Å². The Hall–Kier alpha value is -0.750. The van der Waals surface area contributed by atoms with E-state index in [9.17, 15) is 13.6 Å². The van der Waals surface area contributed by atoms with Gasteiger partial charge in [-0.15, -0.1) is 11.6 Å². The van der Waals surface area contributed by atoms with E-state index in [2.05, 4.69) is 20.9 Å². The van der Waals surface area contributed by atoms with Crippen LogP contribution in [0.3, 0.4) is 0 Å². The lowest BCUT2D eigenvalue weighted by Crippen LogP contribution is -2.12. The number of nitrogens with zero attached hydrogens (tertiary/aromatic N) is 1. The predicted octanol–water partition coefficient (Wildman–Crippen LogP) is 3.70. The molecule has 0 aliphatic carbocycles. The summed E-state index contributed by atoms with van der Waals surface area (Å²) in [5.74, 6) is -0.931. The van der Waals surface area contributed by atoms with Gasteiger partial charge < -0.3 is 4.74 Å². The third-order valence-corrected chi connectivity index (χ3v) is 2.89. The number of carbonyl (C=O) groups excluding carboxylic acids is 1. The molecule has 0 aliphatic rings. The summed E-state index contributed by atoms with van der Waals surface area (Å²) in [7, 11) is 0. The van der Waals surface area contributed by atoms with Gasteiger partial charge in [0.05, 0.1) is 12.2 Å². The number of aromatic nitrogens is 1. The van der Waals surface area contributed by atoms with E-state index in [4.69, 9.17) is 16.3 Å². The molecule has 1 aromatic heterocycles. The van der Waals surface area contributed by atoms with Crippen LogP contribution in [0.5, 0.6) is 0 Å². The Morgan fingerprint density at radius 3 is 2.76 bits per heavy atom. The van der Waals surface area contributed by atoms with Gasteiger partial charge in [-0.1, -0.05) is 0 Å². The van der Waals surface area contributed by atoms with Crippen LogP contribution in [0.2, 0.25) is 0 Å². The molecule has 0 saturated heterocycles. The van der Waals surface area contributed by atoms with Crippen molar-refractivity contribution in [2.75, 3.05) is 6.61 Å². The molecule has 1 heterocycles. The van der Waals surface area contributed by atoms with Gasteiger partial charge in [-0.05, 0) is 28.4 Å². The zero-order valence-corrected chi connectivity index (χ0v) is 11.2. The first-order valence-electron chi connectivity index (χ1n) is 4.71. The number of esters is 1. The molecule has 0 fully saturated rings. The SMILES string of the molecule is CCOC(=O)c1c(Br)ncc(C(F)F)c1CCl. The lowest BCUT2D eigenvalue weighted by atomic mass is 10.1. The van der Waals surface area contributed by atoms with E-state index in [0.717, 1.165) is 6.20 Å². The van der Waals surface area contributed by atoms with Crippen molar-refractivity contribution in [2.24, 2.45) is 0 Å². The fourth-order valence-corrected chi connectivity index (χ4v) is 2.07. The monoisotopic (exact) mass is 327 g/mol. The van der Waals surface area contributed by atoms with Crippen molar-refractivity contribution >= 4 is 33.5 Å². The summed E-state index contributed by atoms with van der Waals surface area (Å²) >= 11 is 8.63. The first kappa shape index (κ1) is 14.3. The molecule has 0 N–H and O–H groups in total. The van der Waals surface area contributed by atoms with Crippen LogP contribution >= 0.6 is 27.5 Å². The van der Waals surface area contributed by atoms with E-state index in [1.54, 1.807) is 6.92 Å². The number of carbonyl (C=O) groups is 1. The molecular formula is C10H9BrClF2NO2. The van der Waals surface area contributed by atoms with Gasteiger partial charge in [0.25, 0.3) is 6.43 Å². The van der Waals surface area contributed by atoms with Gasteiger partial charge in [0.15, 0.2) is 0 Å². The van der Waals surface area contributed by atoms with Crippen LogP contribution in [0.25, 0.3) is 0 Å². The average molecular weight is 329 g/mol. The Kier molecular flexibility index (Phi) is 5.27. The molecule has 0 aromatic carbocycles. The first-order chi connectivity index (χ1) is 8.02. The molecule has 3 nitrogen and oxygen atoms in total. The minimum Gasteiger partial charge on any atom is -0.462 e. The van der Waals surface area contributed by atoms with Crippen LogP contribution in [0, 0.1) is 0 Å². The highest BCUT2D eigenvalue weighted by Gasteiger charge is 2.24. The zero-order valence-electron chi connectivity index (χ0n) is 8.84. The number of rotatable bonds is 4. The summed E-state index contributed by atoms with van der Waals surface area (Å²) in [6, 6.07) is 0. The minimum atomic E-state index is -2.74. The Labute approximate surface area is 110 Å². The number of ether oxygens (including phenoxy) is 1. The third kappa shape index (κ3) is 3.13. The number of alkyl halides is 3. The molecule has 0 amide bonds. The van der Waals surface area contributed by atoms with Crippen molar-refractivity contribution in [1.82, 2.24) is 4.98 Å². The first-order valence-corrected chi connectivity index (χ1v) is 6.04. The maximum absolute atomic E-state index is 12.7. The van der Waals surface area contributed by atoms with Crippen LogP contribution in [0.15, 0.2) is 10.8 Å². The van der Waals surface area contributed by atoms with Gasteiger partial charge in [0, 0.05) is 17.6 Å². The van der Waals surface area contributed by atoms with E-state index >= 15 is 0 Å². The quantitative estimate of drug-likeness (QED) is 0.481. The molecule has 0 radical (unpaired) electrons. The van der Waals surface area contributed by atoms with E-state index in [0.29, 0.717) is 0 Å². The standard InChI is InChI=1S/C10H9BrClF2NO2/c1-2-17-10(16)7-5(3-12)6(9(13)14)4-15-8(7)11/h4,9H,2-3H2,1H3. The highest BCUT2D eigenvalue weighted by Crippen LogP contribution is 2.30. The molecule has 17 heavy (non-hydrogen) atoms. The van der Waals surface area contributed by atoms with Gasteiger partial charge in [0.1, 0.15) is 4.60 Å². The van der Waals surface area contributed by atoms with Crippen LogP contribution < -0.4 is 0 Å². The van der Waals surface area contributed by atoms with Gasteiger partial charge in [-0.2, -0.15) is 0 Å². The van der Waals surface area contributed by atoms with Crippen molar-refractivity contribution in [3.8, 4) is 0 Å². The number of pyridine rings is 1. The van der Waals surface area contributed by atoms with Crippen LogP contribution in [0.4, 0.5) is 8.78 Å². The summed E-state index contributed by atoms with van der Waals surface area (Å²) in [6.45, 7) is 1.77. The second-order valence-electron chi connectivity index (χ2n) is 3.01. The maximum atomic E-state index is 12.7. The Balaban J connectivity index is 3.35. The number of hydrogen-bond donors (Lipinski definition) is 0. The molecule has 0 aliphatic heterocycles. The highest BCUT2D eigenvalue weighted by molar-refractivity contribution is 9.10. The number of hydrogen-bond acceptors (Lipinski definition) is 3. The largest absolute Gasteiger partial charge is 0.462 e. The van der Waals surface area contributed by atoms with Crippen LogP contribution in [0.1, 0.15) is 34.8 Å². The van der Waals surface area contributed by atoms with E-state index < -0.39 is 12.4 Å². The molecule has 7 heteroatoms. The van der Waals surface area contributed by atoms with Crippen molar-refractivity contribution < 1.29 is 18.3 Å². The molecule has 0 unspecified atom stereocenters. The molecule has 0 spiro atoms. The van der Waals surface area contributed by atoms with Crippen molar-refractivity contribution in [1.29, 1.82) is 0 Å². The van der Waals surface area contributed by atoms with Crippen molar-refractivity contribution in [3.63, 3.8) is 0 Å². The van der Waals surface area contributed by atoms with Gasteiger partial charge in [-0.25, -0.2) is 18.6 Å². The smallest absolute Gasteiger partial charge is 0.341 e. The summed E-state index contributed by atoms with van der Waals surface area (Å²) < 4.78 is 30.3. The second kappa shape index (κ2) is 6.26. The fourth-order valence-electron chi connectivity index (χ4n) is 1.28. The van der Waals surface area contributed by atoms with Crippen molar-refractivity contribution in [3.05, 3.63) is 27.5 Å². The average Bonchev–Trinajstić information content (AvgIpc) is 2.28. The van der Waals surface area contributed by atoms with Gasteiger partial charge in [0.2, 0.25) is 0 Å². The second-order valence-corrected chi connectivity index (χ2v) is 4.03. The lowest BCUT2D eigenvalue weighted by molar-refractivity contribution is 0.0523. The van der Waals surface area contributed by atoms with Gasteiger partial charge in [-0.3, -0.25) is 0 Å². The normalized spacial score (nSPS) is 10.7. The molecule has 0 saturated carbocycles. The zero-order chi connectivity index (χ0) is 13.0. The fraction of sp³-hybridized carbons (Fsp3) is 0.400. The van der Waals surface area contributed by atoms with E-state index in [-0.39, 0.29) is 33.8 Å².